The van der Waals surface area contributed by atoms with Gasteiger partial charge in [0.05, 0.1) is 5.60 Å². The van der Waals surface area contributed by atoms with E-state index in [-0.39, 0.29) is 10.8 Å². The number of rotatable bonds is 2. The van der Waals surface area contributed by atoms with Crippen molar-refractivity contribution < 1.29 is 9.90 Å². The van der Waals surface area contributed by atoms with E-state index in [1.807, 2.05) is 13.1 Å². The number of aliphatic hydroxyl groups is 1. The summed E-state index contributed by atoms with van der Waals surface area (Å²) >= 11 is 0. The summed E-state index contributed by atoms with van der Waals surface area (Å²) in [6.07, 6.45) is 11.2. The third-order valence-electron chi connectivity index (χ3n) is 9.36. The Morgan fingerprint density at radius 1 is 1.16 bits per heavy atom. The lowest BCUT2D eigenvalue weighted by Crippen LogP contribution is -2.62. The second kappa shape index (κ2) is 5.58. The number of fused-ring (bicyclic) bond motifs is 5. The van der Waals surface area contributed by atoms with Crippen LogP contribution in [0.25, 0.3) is 0 Å². The molecule has 0 unspecified atom stereocenters. The van der Waals surface area contributed by atoms with Gasteiger partial charge in [0.2, 0.25) is 5.91 Å². The number of carbonyl (C=O) groups is 1. The number of piperidine rings is 1. The molecule has 1 saturated heterocycles. The topological polar surface area (TPSA) is 40.5 Å². The lowest BCUT2D eigenvalue weighted by Gasteiger charge is -2.62. The van der Waals surface area contributed by atoms with Crippen LogP contribution in [0, 0.1) is 28.6 Å². The molecule has 0 aromatic carbocycles. The minimum atomic E-state index is -0.554. The fourth-order valence-corrected chi connectivity index (χ4v) is 7.83. The first-order valence-corrected chi connectivity index (χ1v) is 10.4. The molecule has 4 fully saturated rings. The highest BCUT2D eigenvalue weighted by Crippen LogP contribution is 2.67. The van der Waals surface area contributed by atoms with Crippen LogP contribution in [0.3, 0.4) is 0 Å². The Kier molecular flexibility index (Phi) is 3.92. The molecule has 0 spiro atoms. The molecule has 0 radical (unpaired) electrons. The number of hydrogen-bond donors (Lipinski definition) is 1. The first kappa shape index (κ1) is 17.6. The van der Waals surface area contributed by atoms with Gasteiger partial charge >= 0.3 is 0 Å². The highest BCUT2D eigenvalue weighted by atomic mass is 16.3. The van der Waals surface area contributed by atoms with E-state index in [2.05, 4.69) is 25.3 Å². The number of amides is 1. The normalized spacial score (nSPS) is 52.3. The van der Waals surface area contributed by atoms with Crippen LogP contribution < -0.4 is 0 Å². The van der Waals surface area contributed by atoms with E-state index in [9.17, 15) is 9.90 Å². The Morgan fingerprint density at radius 3 is 2.60 bits per heavy atom. The summed E-state index contributed by atoms with van der Waals surface area (Å²) in [7, 11) is 2.02. The molecule has 1 amide bonds. The van der Waals surface area contributed by atoms with E-state index in [1.165, 1.54) is 12.8 Å². The van der Waals surface area contributed by atoms with Crippen LogP contribution in [0.1, 0.15) is 71.6 Å². The molecule has 4 aliphatic rings. The van der Waals surface area contributed by atoms with E-state index in [4.69, 9.17) is 0 Å². The van der Waals surface area contributed by atoms with E-state index in [0.29, 0.717) is 23.8 Å². The van der Waals surface area contributed by atoms with Crippen molar-refractivity contribution in [1.29, 1.82) is 0 Å². The number of hydrogen-bond acceptors (Lipinski definition) is 2. The molecule has 140 valence electrons. The molecule has 7 atom stereocenters. The molecular formula is C22H35NO2. The van der Waals surface area contributed by atoms with Crippen LogP contribution in [0.15, 0.2) is 12.7 Å². The molecule has 1 aliphatic heterocycles. The Bertz CT molecular complexity index is 589. The Balaban J connectivity index is 1.64. The van der Waals surface area contributed by atoms with Crippen molar-refractivity contribution in [2.45, 2.75) is 83.3 Å². The maximum atomic E-state index is 12.2. The molecule has 1 N–H and O–H groups in total. The predicted molar refractivity (Wildman–Crippen MR) is 99.9 cm³/mol. The molecular weight excluding hydrogens is 310 g/mol. The van der Waals surface area contributed by atoms with Crippen molar-refractivity contribution in [2.24, 2.45) is 28.6 Å². The monoisotopic (exact) mass is 345 g/mol. The van der Waals surface area contributed by atoms with Gasteiger partial charge in [0.15, 0.2) is 0 Å². The van der Waals surface area contributed by atoms with Crippen LogP contribution in [0.4, 0.5) is 0 Å². The smallest absolute Gasteiger partial charge is 0.222 e. The largest absolute Gasteiger partial charge is 0.389 e. The zero-order valence-corrected chi connectivity index (χ0v) is 16.3. The Morgan fingerprint density at radius 2 is 1.88 bits per heavy atom. The summed E-state index contributed by atoms with van der Waals surface area (Å²) in [4.78, 5) is 14.3. The Labute approximate surface area is 152 Å². The SMILES string of the molecule is C=CC[C@]1(O)CC[C@H]2[C@@H]3CC[C@H]4N(C)C(=O)CC[C@]4(C)[C@H]3CC[C@@]21C. The molecule has 1 heterocycles. The maximum absolute atomic E-state index is 12.2. The molecule has 4 rings (SSSR count). The minimum Gasteiger partial charge on any atom is -0.389 e. The van der Waals surface area contributed by atoms with Crippen LogP contribution in [0.5, 0.6) is 0 Å². The standard InChI is InChI=1S/C22H35NO2/c1-5-11-22(25)14-9-17-15-6-7-18-20(2,12-10-19(24)23(18)4)16(15)8-13-21(17,22)3/h5,15-18,25H,1,6-14H2,2-4H3/t15-,16+,17+,18-,20-,21+,22+/m1/s1. The summed E-state index contributed by atoms with van der Waals surface area (Å²) < 4.78 is 0. The van der Waals surface area contributed by atoms with E-state index < -0.39 is 5.60 Å². The van der Waals surface area contributed by atoms with Crippen molar-refractivity contribution in [3.63, 3.8) is 0 Å². The molecule has 0 aromatic heterocycles. The van der Waals surface area contributed by atoms with Gasteiger partial charge in [0.1, 0.15) is 0 Å². The van der Waals surface area contributed by atoms with Crippen molar-refractivity contribution in [2.75, 3.05) is 7.05 Å². The summed E-state index contributed by atoms with van der Waals surface area (Å²) in [5, 5.41) is 11.4. The molecule has 3 heteroatoms. The van der Waals surface area contributed by atoms with Gasteiger partial charge in [-0.15, -0.1) is 6.58 Å². The fraction of sp³-hybridized carbons (Fsp3) is 0.864. The zero-order chi connectivity index (χ0) is 18.0. The van der Waals surface area contributed by atoms with E-state index in [1.54, 1.807) is 0 Å². The molecule has 3 saturated carbocycles. The van der Waals surface area contributed by atoms with E-state index >= 15 is 0 Å². The third kappa shape index (κ3) is 2.17. The van der Waals surface area contributed by atoms with Gasteiger partial charge in [-0.1, -0.05) is 19.9 Å². The van der Waals surface area contributed by atoms with Crippen LogP contribution >= 0.6 is 0 Å². The van der Waals surface area contributed by atoms with Gasteiger partial charge in [-0.25, -0.2) is 0 Å². The van der Waals surface area contributed by atoms with Crippen molar-refractivity contribution in [1.82, 2.24) is 4.90 Å². The molecule has 25 heavy (non-hydrogen) atoms. The van der Waals surface area contributed by atoms with Gasteiger partial charge in [-0.2, -0.15) is 0 Å². The molecule has 0 bridgehead atoms. The average Bonchev–Trinajstić information content (AvgIpc) is 2.83. The average molecular weight is 346 g/mol. The summed E-state index contributed by atoms with van der Waals surface area (Å²) in [6, 6.07) is 0.424. The van der Waals surface area contributed by atoms with Gasteiger partial charge in [0.25, 0.3) is 0 Å². The van der Waals surface area contributed by atoms with Crippen molar-refractivity contribution >= 4 is 5.91 Å². The van der Waals surface area contributed by atoms with Crippen molar-refractivity contribution in [3.8, 4) is 0 Å². The van der Waals surface area contributed by atoms with Gasteiger partial charge in [-0.05, 0) is 80.0 Å². The molecule has 3 nitrogen and oxygen atoms in total. The summed E-state index contributed by atoms with van der Waals surface area (Å²) in [5.74, 6) is 2.41. The predicted octanol–water partition coefficient (Wildman–Crippen LogP) is 4.16. The number of likely N-dealkylation sites (tertiary alicyclic amines) is 1. The molecule has 3 aliphatic carbocycles. The highest BCUT2D eigenvalue weighted by molar-refractivity contribution is 5.77. The summed E-state index contributed by atoms with van der Waals surface area (Å²) in [6.45, 7) is 8.72. The summed E-state index contributed by atoms with van der Waals surface area (Å²) in [5.41, 5.74) is -0.241. The van der Waals surface area contributed by atoms with Gasteiger partial charge < -0.3 is 10.0 Å². The van der Waals surface area contributed by atoms with E-state index in [0.717, 1.165) is 50.9 Å². The lowest BCUT2D eigenvalue weighted by atomic mass is 9.46. The quantitative estimate of drug-likeness (QED) is 0.764. The number of carbonyl (C=O) groups excluding carboxylic acids is 1. The van der Waals surface area contributed by atoms with Crippen LogP contribution in [0.2, 0.25) is 0 Å². The zero-order valence-electron chi connectivity index (χ0n) is 16.3. The Hall–Kier alpha value is -0.830. The highest BCUT2D eigenvalue weighted by Gasteiger charge is 2.64. The van der Waals surface area contributed by atoms with Gasteiger partial charge in [-0.3, -0.25) is 4.79 Å². The lowest BCUT2D eigenvalue weighted by molar-refractivity contribution is -0.168. The van der Waals surface area contributed by atoms with Crippen molar-refractivity contribution in [3.05, 3.63) is 12.7 Å². The minimum absolute atomic E-state index is 0.0436. The van der Waals surface area contributed by atoms with Crippen LogP contribution in [-0.2, 0) is 4.79 Å². The second-order valence-corrected chi connectivity index (χ2v) is 10.00. The van der Waals surface area contributed by atoms with Crippen LogP contribution in [-0.4, -0.2) is 34.6 Å². The molecule has 0 aromatic rings. The maximum Gasteiger partial charge on any atom is 0.222 e. The van der Waals surface area contributed by atoms with Gasteiger partial charge in [0, 0.05) is 19.5 Å². The third-order valence-corrected chi connectivity index (χ3v) is 9.36. The first-order chi connectivity index (χ1) is 11.8. The second-order valence-electron chi connectivity index (χ2n) is 10.00. The number of nitrogens with zero attached hydrogens (tertiary/aromatic N) is 1. The fourth-order valence-electron chi connectivity index (χ4n) is 7.83. The first-order valence-electron chi connectivity index (χ1n) is 10.4.